The second-order valence-corrected chi connectivity index (χ2v) is 5.27. The summed E-state index contributed by atoms with van der Waals surface area (Å²) in [6.07, 6.45) is 5.52. The number of carbonyl (C=O) groups excluding carboxylic acids is 1. The number of hydrogen-bond donors (Lipinski definition) is 0. The maximum absolute atomic E-state index is 11.6. The third-order valence-electron chi connectivity index (χ3n) is 3.38. The highest BCUT2D eigenvalue weighted by molar-refractivity contribution is 5.77. The lowest BCUT2D eigenvalue weighted by molar-refractivity contribution is -0.140. The Morgan fingerprint density at radius 3 is 2.54 bits per heavy atom. The lowest BCUT2D eigenvalue weighted by atomic mass is 9.67. The monoisotopic (exact) mass is 181 g/mol. The van der Waals surface area contributed by atoms with Gasteiger partial charge in [-0.15, -0.1) is 0 Å². The van der Waals surface area contributed by atoms with Gasteiger partial charge in [0.05, 0.1) is 0 Å². The number of piperidine rings is 1. The lowest BCUT2D eigenvalue weighted by Crippen LogP contribution is -2.52. The molecule has 0 aromatic rings. The zero-order valence-electron chi connectivity index (χ0n) is 8.68. The molecule has 0 aromatic carbocycles. The van der Waals surface area contributed by atoms with Crippen LogP contribution < -0.4 is 0 Å². The fourth-order valence-electron chi connectivity index (χ4n) is 2.65. The van der Waals surface area contributed by atoms with Crippen molar-refractivity contribution in [1.82, 2.24) is 4.90 Å². The molecule has 1 aliphatic carbocycles. The summed E-state index contributed by atoms with van der Waals surface area (Å²) in [6, 6.07) is 0.572. The Balaban J connectivity index is 1.91. The van der Waals surface area contributed by atoms with Crippen LogP contribution in [0.25, 0.3) is 0 Å². The minimum absolute atomic E-state index is 0.395. The van der Waals surface area contributed by atoms with Gasteiger partial charge in [0.2, 0.25) is 5.91 Å². The largest absolute Gasteiger partial charge is 0.340 e. The highest BCUT2D eigenvalue weighted by atomic mass is 16.2. The third kappa shape index (κ3) is 1.72. The molecule has 0 spiro atoms. The maximum atomic E-state index is 11.6. The Morgan fingerprint density at radius 1 is 1.31 bits per heavy atom. The third-order valence-corrected chi connectivity index (χ3v) is 3.38. The van der Waals surface area contributed by atoms with Crippen molar-refractivity contribution in [3.05, 3.63) is 0 Å². The van der Waals surface area contributed by atoms with Gasteiger partial charge in [-0.3, -0.25) is 4.79 Å². The van der Waals surface area contributed by atoms with Gasteiger partial charge < -0.3 is 4.90 Å². The lowest BCUT2D eigenvalue weighted by Gasteiger charge is -2.49. The Bertz CT molecular complexity index is 214. The Morgan fingerprint density at radius 2 is 2.00 bits per heavy atom. The molecule has 0 bridgehead atoms. The fraction of sp³-hybridized carbons (Fsp3) is 0.909. The minimum atomic E-state index is 0.395. The second-order valence-electron chi connectivity index (χ2n) is 5.27. The van der Waals surface area contributed by atoms with Crippen LogP contribution in [0.3, 0.4) is 0 Å². The van der Waals surface area contributed by atoms with Gasteiger partial charge in [0.25, 0.3) is 0 Å². The predicted octanol–water partition coefficient (Wildman–Crippen LogP) is 2.19. The molecule has 0 N–H and O–H groups in total. The van der Waals surface area contributed by atoms with E-state index in [0.29, 0.717) is 17.4 Å². The van der Waals surface area contributed by atoms with Crippen molar-refractivity contribution in [2.75, 3.05) is 6.54 Å². The van der Waals surface area contributed by atoms with Gasteiger partial charge in [-0.1, -0.05) is 13.8 Å². The second kappa shape index (κ2) is 3.00. The van der Waals surface area contributed by atoms with Gasteiger partial charge in [0, 0.05) is 19.0 Å². The van der Waals surface area contributed by atoms with Gasteiger partial charge >= 0.3 is 0 Å². The van der Waals surface area contributed by atoms with E-state index in [1.54, 1.807) is 0 Å². The van der Waals surface area contributed by atoms with Crippen LogP contribution in [0.2, 0.25) is 0 Å². The molecule has 1 heterocycles. The Hall–Kier alpha value is -0.530. The van der Waals surface area contributed by atoms with Gasteiger partial charge in [-0.05, 0) is 31.1 Å². The molecule has 1 amide bonds. The molecule has 1 saturated carbocycles. The first-order valence-electron chi connectivity index (χ1n) is 5.38. The molecule has 0 radical (unpaired) electrons. The number of likely N-dealkylation sites (tertiary alicyclic amines) is 1. The van der Waals surface area contributed by atoms with Crippen LogP contribution in [0, 0.1) is 5.41 Å². The highest BCUT2D eigenvalue weighted by Crippen LogP contribution is 2.43. The zero-order chi connectivity index (χ0) is 9.47. The van der Waals surface area contributed by atoms with E-state index in [0.717, 1.165) is 19.4 Å². The average Bonchev–Trinajstić information content (AvgIpc) is 2.01. The smallest absolute Gasteiger partial charge is 0.222 e. The van der Waals surface area contributed by atoms with Crippen molar-refractivity contribution in [2.24, 2.45) is 5.41 Å². The molecule has 1 saturated heterocycles. The fourth-order valence-corrected chi connectivity index (χ4v) is 2.65. The molecule has 2 nitrogen and oxygen atoms in total. The molecule has 13 heavy (non-hydrogen) atoms. The molecule has 74 valence electrons. The van der Waals surface area contributed by atoms with Crippen LogP contribution in [0.4, 0.5) is 0 Å². The molecule has 0 unspecified atom stereocenters. The number of rotatable bonds is 1. The first-order valence-corrected chi connectivity index (χ1v) is 5.38. The average molecular weight is 181 g/mol. The molecular weight excluding hydrogens is 162 g/mol. The normalized spacial score (nSPS) is 28.8. The number of carbonyl (C=O) groups is 1. The maximum Gasteiger partial charge on any atom is 0.222 e. The van der Waals surface area contributed by atoms with E-state index in [1.807, 2.05) is 0 Å². The summed E-state index contributed by atoms with van der Waals surface area (Å²) in [5.74, 6) is 0.395. The first kappa shape index (κ1) is 9.04. The summed E-state index contributed by atoms with van der Waals surface area (Å²) in [6.45, 7) is 5.59. The summed E-state index contributed by atoms with van der Waals surface area (Å²) in [7, 11) is 0. The Kier molecular flexibility index (Phi) is 2.09. The van der Waals surface area contributed by atoms with E-state index in [4.69, 9.17) is 0 Å². The van der Waals surface area contributed by atoms with Crippen molar-refractivity contribution in [1.29, 1.82) is 0 Å². The summed E-state index contributed by atoms with van der Waals surface area (Å²) >= 11 is 0. The highest BCUT2D eigenvalue weighted by Gasteiger charge is 2.41. The summed E-state index contributed by atoms with van der Waals surface area (Å²) < 4.78 is 0. The van der Waals surface area contributed by atoms with Gasteiger partial charge in [-0.25, -0.2) is 0 Å². The molecule has 2 fully saturated rings. The summed E-state index contributed by atoms with van der Waals surface area (Å²) in [5, 5.41) is 0. The standard InChI is InChI=1S/C11H19NO/c1-11(2)7-9(8-11)12-6-4-3-5-10(12)13/h9H,3-8H2,1-2H3. The number of hydrogen-bond acceptors (Lipinski definition) is 1. The van der Waals surface area contributed by atoms with Crippen LogP contribution in [0.1, 0.15) is 46.0 Å². The molecular formula is C11H19NO. The predicted molar refractivity (Wildman–Crippen MR) is 52.4 cm³/mol. The molecule has 2 rings (SSSR count). The molecule has 1 aliphatic heterocycles. The molecule has 2 aliphatic rings. The van der Waals surface area contributed by atoms with Crippen LogP contribution in [-0.4, -0.2) is 23.4 Å². The topological polar surface area (TPSA) is 20.3 Å². The van der Waals surface area contributed by atoms with Crippen LogP contribution >= 0.6 is 0 Å². The minimum Gasteiger partial charge on any atom is -0.340 e. The van der Waals surface area contributed by atoms with Crippen molar-refractivity contribution < 1.29 is 4.79 Å². The number of amides is 1. The van der Waals surface area contributed by atoms with Crippen molar-refractivity contribution in [3.8, 4) is 0 Å². The first-order chi connectivity index (χ1) is 6.08. The van der Waals surface area contributed by atoms with E-state index in [2.05, 4.69) is 18.7 Å². The summed E-state index contributed by atoms with van der Waals surface area (Å²) in [5.41, 5.74) is 0.488. The van der Waals surface area contributed by atoms with Crippen LogP contribution in [0.15, 0.2) is 0 Å². The number of nitrogens with zero attached hydrogens (tertiary/aromatic N) is 1. The van der Waals surface area contributed by atoms with Gasteiger partial charge in [0.15, 0.2) is 0 Å². The Labute approximate surface area is 80.3 Å². The van der Waals surface area contributed by atoms with Gasteiger partial charge in [-0.2, -0.15) is 0 Å². The van der Waals surface area contributed by atoms with Gasteiger partial charge in [0.1, 0.15) is 0 Å². The molecule has 2 heteroatoms. The van der Waals surface area contributed by atoms with E-state index in [9.17, 15) is 4.79 Å². The molecule has 0 atom stereocenters. The zero-order valence-corrected chi connectivity index (χ0v) is 8.68. The van der Waals surface area contributed by atoms with Crippen LogP contribution in [0.5, 0.6) is 0 Å². The summed E-state index contributed by atoms with van der Waals surface area (Å²) in [4.78, 5) is 13.7. The van der Waals surface area contributed by atoms with E-state index in [-0.39, 0.29) is 0 Å². The molecule has 0 aromatic heterocycles. The van der Waals surface area contributed by atoms with Crippen molar-refractivity contribution >= 4 is 5.91 Å². The van der Waals surface area contributed by atoms with E-state index < -0.39 is 0 Å². The van der Waals surface area contributed by atoms with Crippen LogP contribution in [-0.2, 0) is 4.79 Å². The quantitative estimate of drug-likeness (QED) is 0.607. The van der Waals surface area contributed by atoms with E-state index in [1.165, 1.54) is 19.3 Å². The van der Waals surface area contributed by atoms with Crippen molar-refractivity contribution in [3.63, 3.8) is 0 Å². The van der Waals surface area contributed by atoms with Crippen molar-refractivity contribution in [2.45, 2.75) is 52.0 Å². The SMILES string of the molecule is CC1(C)CC(N2CCCCC2=O)C1. The van der Waals surface area contributed by atoms with E-state index >= 15 is 0 Å².